The summed E-state index contributed by atoms with van der Waals surface area (Å²) in [5.74, 6) is -0.132. The molecule has 0 heterocycles. The van der Waals surface area contributed by atoms with Crippen molar-refractivity contribution in [1.82, 2.24) is 5.32 Å². The maximum absolute atomic E-state index is 12.0. The van der Waals surface area contributed by atoms with Crippen LogP contribution in [0, 0.1) is 0 Å². The molecule has 106 valence electrons. The fourth-order valence-corrected chi connectivity index (χ4v) is 1.69. The average molecular weight is 266 g/mol. The number of benzene rings is 1. The molecule has 0 saturated heterocycles. The molecule has 5 heteroatoms. The molecule has 1 rings (SSSR count). The van der Waals surface area contributed by atoms with Crippen LogP contribution in [0.15, 0.2) is 30.3 Å². The second-order valence-electron chi connectivity index (χ2n) is 4.07. The van der Waals surface area contributed by atoms with E-state index in [-0.39, 0.29) is 5.91 Å². The maximum Gasteiger partial charge on any atom is 0.253 e. The summed E-state index contributed by atoms with van der Waals surface area (Å²) in [5, 5.41) is 2.83. The lowest BCUT2D eigenvalue weighted by Gasteiger charge is -2.15. The van der Waals surface area contributed by atoms with Crippen molar-refractivity contribution in [3.05, 3.63) is 35.9 Å². The molecule has 0 aliphatic heterocycles. The third-order valence-corrected chi connectivity index (χ3v) is 2.60. The fraction of sp³-hybridized carbons (Fsp3) is 0.500. The van der Waals surface area contributed by atoms with E-state index in [9.17, 15) is 4.79 Å². The molecule has 0 saturated carbocycles. The van der Waals surface area contributed by atoms with Crippen LogP contribution in [0.5, 0.6) is 0 Å². The third-order valence-electron chi connectivity index (χ3n) is 2.60. The molecule has 19 heavy (non-hydrogen) atoms. The molecule has 1 amide bonds. The van der Waals surface area contributed by atoms with Gasteiger partial charge in [-0.2, -0.15) is 0 Å². The highest BCUT2D eigenvalue weighted by Gasteiger charge is 2.18. The number of nitrogens with one attached hydrogen (secondary N) is 1. The minimum atomic E-state index is -0.564. The van der Waals surface area contributed by atoms with Gasteiger partial charge >= 0.3 is 0 Å². The Bertz CT molecular complexity index is 357. The predicted octanol–water partition coefficient (Wildman–Crippen LogP) is 0.856. The van der Waals surface area contributed by atoms with E-state index < -0.39 is 6.10 Å². The average Bonchev–Trinajstić information content (AvgIpc) is 2.45. The fourth-order valence-electron chi connectivity index (χ4n) is 1.69. The molecular formula is C14H22N2O3. The Labute approximate surface area is 114 Å². The first kappa shape index (κ1) is 15.6. The maximum atomic E-state index is 12.0. The number of rotatable bonds is 9. The molecule has 0 aliphatic carbocycles. The number of hydrogen-bond acceptors (Lipinski definition) is 4. The van der Waals surface area contributed by atoms with Crippen LogP contribution in [-0.4, -0.2) is 39.3 Å². The van der Waals surface area contributed by atoms with Gasteiger partial charge in [0.1, 0.15) is 0 Å². The van der Waals surface area contributed by atoms with Gasteiger partial charge in [0.2, 0.25) is 0 Å². The van der Waals surface area contributed by atoms with Gasteiger partial charge < -0.3 is 20.5 Å². The number of amides is 1. The highest BCUT2D eigenvalue weighted by Crippen LogP contribution is 2.15. The molecule has 3 N–H and O–H groups in total. The first-order chi connectivity index (χ1) is 9.29. The largest absolute Gasteiger partial charge is 0.380 e. The van der Waals surface area contributed by atoms with Crippen LogP contribution in [0.2, 0.25) is 0 Å². The molecule has 5 nitrogen and oxygen atoms in total. The van der Waals surface area contributed by atoms with Gasteiger partial charge in [0.05, 0.1) is 6.61 Å². The zero-order chi connectivity index (χ0) is 13.9. The van der Waals surface area contributed by atoms with Gasteiger partial charge in [0.25, 0.3) is 5.91 Å². The van der Waals surface area contributed by atoms with E-state index in [0.717, 1.165) is 12.0 Å². The van der Waals surface area contributed by atoms with Crippen molar-refractivity contribution in [2.24, 2.45) is 5.73 Å². The molecule has 1 aromatic rings. The van der Waals surface area contributed by atoms with E-state index in [1.165, 1.54) is 7.11 Å². The zero-order valence-electron chi connectivity index (χ0n) is 11.3. The van der Waals surface area contributed by atoms with Crippen molar-refractivity contribution in [2.45, 2.75) is 12.5 Å². The smallest absolute Gasteiger partial charge is 0.253 e. The number of nitrogens with two attached hydrogens (primary N) is 1. The van der Waals surface area contributed by atoms with E-state index in [0.29, 0.717) is 26.3 Å². The number of carbonyl (C=O) groups is 1. The quantitative estimate of drug-likeness (QED) is 0.650. The van der Waals surface area contributed by atoms with E-state index in [1.54, 1.807) is 0 Å². The highest BCUT2D eigenvalue weighted by molar-refractivity contribution is 5.82. The lowest BCUT2D eigenvalue weighted by Crippen LogP contribution is -2.31. The van der Waals surface area contributed by atoms with Crippen molar-refractivity contribution < 1.29 is 14.3 Å². The van der Waals surface area contributed by atoms with Crippen LogP contribution < -0.4 is 11.1 Å². The van der Waals surface area contributed by atoms with Gasteiger partial charge in [-0.05, 0) is 12.0 Å². The molecule has 0 spiro atoms. The van der Waals surface area contributed by atoms with Crippen molar-refractivity contribution in [2.75, 3.05) is 33.4 Å². The molecular weight excluding hydrogens is 244 g/mol. The van der Waals surface area contributed by atoms with E-state index in [4.69, 9.17) is 15.2 Å². The summed E-state index contributed by atoms with van der Waals surface area (Å²) in [6, 6.07) is 9.42. The first-order valence-corrected chi connectivity index (χ1v) is 6.43. The van der Waals surface area contributed by atoms with Gasteiger partial charge in [-0.3, -0.25) is 4.79 Å². The summed E-state index contributed by atoms with van der Waals surface area (Å²) < 4.78 is 10.5. The molecule has 1 aromatic carbocycles. The van der Waals surface area contributed by atoms with Crippen molar-refractivity contribution in [3.8, 4) is 0 Å². The topological polar surface area (TPSA) is 73.6 Å². The Kier molecular flexibility index (Phi) is 7.81. The molecule has 1 atom stereocenters. The van der Waals surface area contributed by atoms with Crippen molar-refractivity contribution in [1.29, 1.82) is 0 Å². The third kappa shape index (κ3) is 5.83. The molecule has 0 aromatic heterocycles. The Morgan fingerprint density at radius 3 is 2.68 bits per heavy atom. The van der Waals surface area contributed by atoms with Gasteiger partial charge in [-0.15, -0.1) is 0 Å². The van der Waals surface area contributed by atoms with Crippen LogP contribution in [0.3, 0.4) is 0 Å². The lowest BCUT2D eigenvalue weighted by molar-refractivity contribution is -0.131. The SMILES string of the molecule is COC(C(=O)NCCCOCCN)c1ccccc1. The lowest BCUT2D eigenvalue weighted by atomic mass is 10.1. The highest BCUT2D eigenvalue weighted by atomic mass is 16.5. The zero-order valence-corrected chi connectivity index (χ0v) is 11.3. The second-order valence-corrected chi connectivity index (χ2v) is 4.07. The number of ether oxygens (including phenoxy) is 2. The minimum absolute atomic E-state index is 0.132. The Morgan fingerprint density at radius 2 is 2.05 bits per heavy atom. The monoisotopic (exact) mass is 266 g/mol. The summed E-state index contributed by atoms with van der Waals surface area (Å²) in [6.45, 7) is 2.24. The normalized spacial score (nSPS) is 12.1. The van der Waals surface area contributed by atoms with Gasteiger partial charge in [0, 0.05) is 26.8 Å². The van der Waals surface area contributed by atoms with Gasteiger partial charge in [-0.1, -0.05) is 30.3 Å². The summed E-state index contributed by atoms with van der Waals surface area (Å²) in [7, 11) is 1.53. The van der Waals surface area contributed by atoms with Crippen molar-refractivity contribution >= 4 is 5.91 Å². The first-order valence-electron chi connectivity index (χ1n) is 6.43. The molecule has 0 aliphatic rings. The molecule has 0 bridgehead atoms. The van der Waals surface area contributed by atoms with Crippen LogP contribution >= 0.6 is 0 Å². The molecule has 0 fully saturated rings. The van der Waals surface area contributed by atoms with Crippen LogP contribution in [0.25, 0.3) is 0 Å². The minimum Gasteiger partial charge on any atom is -0.380 e. The standard InChI is InChI=1S/C14H22N2O3/c1-18-13(12-6-3-2-4-7-12)14(17)16-9-5-10-19-11-8-15/h2-4,6-7,13H,5,8-11,15H2,1H3,(H,16,17). The Morgan fingerprint density at radius 1 is 1.32 bits per heavy atom. The van der Waals surface area contributed by atoms with Gasteiger partial charge in [0.15, 0.2) is 6.10 Å². The summed E-state index contributed by atoms with van der Waals surface area (Å²) in [4.78, 5) is 12.0. The summed E-state index contributed by atoms with van der Waals surface area (Å²) in [5.41, 5.74) is 6.15. The van der Waals surface area contributed by atoms with Crippen LogP contribution in [0.4, 0.5) is 0 Å². The van der Waals surface area contributed by atoms with E-state index in [1.807, 2.05) is 30.3 Å². The van der Waals surface area contributed by atoms with Crippen LogP contribution in [0.1, 0.15) is 18.1 Å². The predicted molar refractivity (Wildman–Crippen MR) is 73.7 cm³/mol. The Hall–Kier alpha value is -1.43. The van der Waals surface area contributed by atoms with Gasteiger partial charge in [-0.25, -0.2) is 0 Å². The van der Waals surface area contributed by atoms with E-state index >= 15 is 0 Å². The number of carbonyl (C=O) groups excluding carboxylic acids is 1. The number of hydrogen-bond donors (Lipinski definition) is 2. The van der Waals surface area contributed by atoms with Crippen LogP contribution in [-0.2, 0) is 14.3 Å². The second kappa shape index (κ2) is 9.49. The van der Waals surface area contributed by atoms with E-state index in [2.05, 4.69) is 5.32 Å². The van der Waals surface area contributed by atoms with Crippen molar-refractivity contribution in [3.63, 3.8) is 0 Å². The summed E-state index contributed by atoms with van der Waals surface area (Å²) >= 11 is 0. The molecule has 0 radical (unpaired) electrons. The Balaban J connectivity index is 2.31. The molecule has 1 unspecified atom stereocenters. The summed E-state index contributed by atoms with van der Waals surface area (Å²) in [6.07, 6.45) is 0.197. The number of methoxy groups -OCH3 is 1.